The smallest absolute Gasteiger partial charge is 0.326 e. The molecule has 0 saturated heterocycles. The molecule has 5 heteroatoms. The van der Waals surface area contributed by atoms with Gasteiger partial charge in [-0.3, -0.25) is 4.79 Å². The summed E-state index contributed by atoms with van der Waals surface area (Å²) in [6.07, 6.45) is 3.50. The first-order valence-electron chi connectivity index (χ1n) is 7.65. The van der Waals surface area contributed by atoms with E-state index in [4.69, 9.17) is 0 Å². The Morgan fingerprint density at radius 2 is 1.91 bits per heavy atom. The van der Waals surface area contributed by atoms with Crippen LogP contribution in [0.4, 0.5) is 0 Å². The van der Waals surface area contributed by atoms with Gasteiger partial charge in [-0.15, -0.1) is 0 Å². The lowest BCUT2D eigenvalue weighted by atomic mass is 10.0. The van der Waals surface area contributed by atoms with Crippen molar-refractivity contribution in [1.82, 2.24) is 10.3 Å². The van der Waals surface area contributed by atoms with Crippen LogP contribution >= 0.6 is 0 Å². The Kier molecular flexibility index (Phi) is 5.20. The van der Waals surface area contributed by atoms with Gasteiger partial charge in [-0.1, -0.05) is 32.0 Å². The molecule has 0 saturated carbocycles. The predicted molar refractivity (Wildman–Crippen MR) is 85.6 cm³/mol. The molecule has 0 aliphatic carbocycles. The Morgan fingerprint density at radius 3 is 2.55 bits per heavy atom. The number of carbonyl (C=O) groups is 2. The molecule has 0 aliphatic heterocycles. The molecular weight excluding hydrogens is 280 g/mol. The molecule has 2 aromatic rings. The molecular formula is C17H22N2O3. The van der Waals surface area contributed by atoms with E-state index in [-0.39, 0.29) is 18.2 Å². The lowest BCUT2D eigenvalue weighted by Gasteiger charge is -2.18. The first kappa shape index (κ1) is 16.1. The highest BCUT2D eigenvalue weighted by Crippen LogP contribution is 2.19. The third-order valence-electron chi connectivity index (χ3n) is 4.07. The molecule has 1 atom stereocenters. The third kappa shape index (κ3) is 3.47. The van der Waals surface area contributed by atoms with E-state index in [2.05, 4.69) is 10.3 Å². The predicted octanol–water partition coefficient (Wildman–Crippen LogP) is 2.72. The zero-order valence-electron chi connectivity index (χ0n) is 12.9. The molecule has 0 fully saturated rings. The molecule has 1 heterocycles. The minimum Gasteiger partial charge on any atom is -0.480 e. The third-order valence-corrected chi connectivity index (χ3v) is 4.07. The molecule has 1 unspecified atom stereocenters. The number of aromatic amines is 1. The molecule has 0 radical (unpaired) electrons. The molecule has 5 nitrogen and oxygen atoms in total. The van der Waals surface area contributed by atoms with E-state index in [9.17, 15) is 14.7 Å². The number of hydrogen-bond donors (Lipinski definition) is 3. The second kappa shape index (κ2) is 7.11. The fourth-order valence-corrected chi connectivity index (χ4v) is 2.67. The second-order valence-corrected chi connectivity index (χ2v) is 5.48. The van der Waals surface area contributed by atoms with Crippen LogP contribution in [0.25, 0.3) is 10.9 Å². The van der Waals surface area contributed by atoms with E-state index in [1.54, 1.807) is 0 Å². The summed E-state index contributed by atoms with van der Waals surface area (Å²) < 4.78 is 0. The number of carbonyl (C=O) groups excluding carboxylic acids is 1. The van der Waals surface area contributed by atoms with E-state index in [1.165, 1.54) is 0 Å². The van der Waals surface area contributed by atoms with E-state index < -0.39 is 12.0 Å². The molecule has 22 heavy (non-hydrogen) atoms. The maximum Gasteiger partial charge on any atom is 0.326 e. The van der Waals surface area contributed by atoms with E-state index >= 15 is 0 Å². The number of H-pyrrole nitrogens is 1. The fraction of sp³-hybridized carbons (Fsp3) is 0.412. The highest BCUT2D eigenvalue weighted by molar-refractivity contribution is 5.87. The number of rotatable bonds is 7. The van der Waals surface area contributed by atoms with Crippen LogP contribution in [0.5, 0.6) is 0 Å². The molecule has 118 valence electrons. The summed E-state index contributed by atoms with van der Waals surface area (Å²) in [5, 5.41) is 13.1. The number of aliphatic carboxylic acids is 1. The summed E-state index contributed by atoms with van der Waals surface area (Å²) in [5.74, 6) is -1.33. The monoisotopic (exact) mass is 302 g/mol. The van der Waals surface area contributed by atoms with Gasteiger partial charge >= 0.3 is 5.97 Å². The van der Waals surface area contributed by atoms with Gasteiger partial charge in [-0.2, -0.15) is 0 Å². The Morgan fingerprint density at radius 1 is 1.23 bits per heavy atom. The van der Waals surface area contributed by atoms with Crippen LogP contribution in [0.15, 0.2) is 30.5 Å². The van der Waals surface area contributed by atoms with Gasteiger partial charge in [0.15, 0.2) is 0 Å². The van der Waals surface area contributed by atoms with Crippen molar-refractivity contribution < 1.29 is 14.7 Å². The summed E-state index contributed by atoms with van der Waals surface area (Å²) in [5.41, 5.74) is 1.86. The maximum atomic E-state index is 12.1. The highest BCUT2D eigenvalue weighted by Gasteiger charge is 2.24. The standard InChI is InChI=1S/C17H22N2O3/c1-3-11(4-2)16(20)19-15(17(21)22)9-12-10-18-14-8-6-5-7-13(12)14/h5-8,10-11,15,18H,3-4,9H2,1-2H3,(H,19,20)(H,21,22). The van der Waals surface area contributed by atoms with Crippen molar-refractivity contribution in [2.75, 3.05) is 0 Å². The Labute approximate surface area is 129 Å². The quantitative estimate of drug-likeness (QED) is 0.735. The number of amides is 1. The summed E-state index contributed by atoms with van der Waals surface area (Å²) in [6, 6.07) is 6.82. The van der Waals surface area contributed by atoms with Crippen LogP contribution in [-0.2, 0) is 16.0 Å². The molecule has 1 aromatic carbocycles. The van der Waals surface area contributed by atoms with Gasteiger partial charge in [-0.25, -0.2) is 4.79 Å². The minimum absolute atomic E-state index is 0.134. The van der Waals surface area contributed by atoms with Crippen molar-refractivity contribution in [1.29, 1.82) is 0 Å². The summed E-state index contributed by atoms with van der Waals surface area (Å²) >= 11 is 0. The van der Waals surface area contributed by atoms with Crippen LogP contribution in [0.2, 0.25) is 0 Å². The van der Waals surface area contributed by atoms with Gasteiger partial charge in [0.05, 0.1) is 0 Å². The van der Waals surface area contributed by atoms with E-state index in [0.29, 0.717) is 12.8 Å². The van der Waals surface area contributed by atoms with Gasteiger partial charge in [0.1, 0.15) is 6.04 Å². The molecule has 1 aromatic heterocycles. The number of para-hydroxylation sites is 1. The molecule has 0 aliphatic rings. The second-order valence-electron chi connectivity index (χ2n) is 5.48. The average Bonchev–Trinajstić information content (AvgIpc) is 2.91. The normalized spacial score (nSPS) is 12.5. The van der Waals surface area contributed by atoms with Crippen LogP contribution in [0.1, 0.15) is 32.3 Å². The van der Waals surface area contributed by atoms with Gasteiger partial charge < -0.3 is 15.4 Å². The summed E-state index contributed by atoms with van der Waals surface area (Å²) in [7, 11) is 0. The van der Waals surface area contributed by atoms with Crippen molar-refractivity contribution in [3.05, 3.63) is 36.0 Å². The van der Waals surface area contributed by atoms with E-state index in [1.807, 2.05) is 44.3 Å². The molecule has 2 rings (SSSR count). The van der Waals surface area contributed by atoms with Gasteiger partial charge in [0.25, 0.3) is 0 Å². The number of carboxylic acids is 1. The summed E-state index contributed by atoms with van der Waals surface area (Å²) in [6.45, 7) is 3.87. The van der Waals surface area contributed by atoms with Crippen LogP contribution < -0.4 is 5.32 Å². The first-order valence-corrected chi connectivity index (χ1v) is 7.65. The fourth-order valence-electron chi connectivity index (χ4n) is 2.67. The Hall–Kier alpha value is -2.30. The number of hydrogen-bond acceptors (Lipinski definition) is 2. The van der Waals surface area contributed by atoms with Gasteiger partial charge in [0.2, 0.25) is 5.91 Å². The zero-order valence-corrected chi connectivity index (χ0v) is 12.9. The minimum atomic E-state index is -1.01. The summed E-state index contributed by atoms with van der Waals surface area (Å²) in [4.78, 5) is 26.7. The SMILES string of the molecule is CCC(CC)C(=O)NC(Cc1c[nH]c2ccccc12)C(=O)O. The van der Waals surface area contributed by atoms with Crippen molar-refractivity contribution >= 4 is 22.8 Å². The first-order chi connectivity index (χ1) is 10.6. The Balaban J connectivity index is 2.15. The Bertz CT molecular complexity index is 659. The lowest BCUT2D eigenvalue weighted by Crippen LogP contribution is -2.44. The van der Waals surface area contributed by atoms with Crippen molar-refractivity contribution in [3.63, 3.8) is 0 Å². The van der Waals surface area contributed by atoms with Crippen LogP contribution in [0, 0.1) is 5.92 Å². The number of fused-ring (bicyclic) bond motifs is 1. The molecule has 3 N–H and O–H groups in total. The number of aromatic nitrogens is 1. The van der Waals surface area contributed by atoms with Crippen molar-refractivity contribution in [2.24, 2.45) is 5.92 Å². The van der Waals surface area contributed by atoms with Crippen molar-refractivity contribution in [3.8, 4) is 0 Å². The molecule has 0 bridgehead atoms. The van der Waals surface area contributed by atoms with Crippen LogP contribution in [-0.4, -0.2) is 28.0 Å². The molecule has 1 amide bonds. The van der Waals surface area contributed by atoms with Crippen LogP contribution in [0.3, 0.4) is 0 Å². The zero-order chi connectivity index (χ0) is 16.1. The maximum absolute atomic E-state index is 12.1. The number of benzene rings is 1. The number of nitrogens with one attached hydrogen (secondary N) is 2. The van der Waals surface area contributed by atoms with Gasteiger partial charge in [0, 0.05) is 29.4 Å². The topological polar surface area (TPSA) is 82.2 Å². The van der Waals surface area contributed by atoms with Crippen molar-refractivity contribution in [2.45, 2.75) is 39.2 Å². The van der Waals surface area contributed by atoms with E-state index in [0.717, 1.165) is 16.5 Å². The lowest BCUT2D eigenvalue weighted by molar-refractivity contribution is -0.142. The molecule has 0 spiro atoms. The highest BCUT2D eigenvalue weighted by atomic mass is 16.4. The average molecular weight is 302 g/mol. The number of carboxylic acid groups (broad SMARTS) is 1. The van der Waals surface area contributed by atoms with Gasteiger partial charge in [-0.05, 0) is 24.5 Å². The largest absolute Gasteiger partial charge is 0.480 e.